The Morgan fingerprint density at radius 1 is 1.04 bits per heavy atom. The summed E-state index contributed by atoms with van der Waals surface area (Å²) >= 11 is 4.76. The second kappa shape index (κ2) is 5.69. The summed E-state index contributed by atoms with van der Waals surface area (Å²) in [6.07, 6.45) is 0. The summed E-state index contributed by atoms with van der Waals surface area (Å²) in [4.78, 5) is 1.87. The molecule has 6 nitrogen and oxygen atoms in total. The minimum Gasteiger partial charge on any atom is -0.419 e. The maximum Gasteiger partial charge on any atom is 0.257 e. The lowest BCUT2D eigenvalue weighted by atomic mass is 10.3. The van der Waals surface area contributed by atoms with Crippen molar-refractivity contribution in [1.29, 1.82) is 0 Å². The molecule has 0 aliphatic rings. The lowest BCUT2D eigenvalue weighted by Gasteiger charge is -1.96. The van der Waals surface area contributed by atoms with Crippen LogP contribution in [0.3, 0.4) is 0 Å². The van der Waals surface area contributed by atoms with Crippen molar-refractivity contribution in [3.63, 3.8) is 0 Å². The van der Waals surface area contributed by atoms with E-state index in [9.17, 15) is 0 Å². The number of thiophene rings is 1. The van der Waals surface area contributed by atoms with Crippen LogP contribution in [0.2, 0.25) is 0 Å². The average Bonchev–Trinajstić information content (AvgIpc) is 3.36. The van der Waals surface area contributed by atoms with Gasteiger partial charge in [-0.05, 0) is 23.6 Å². The monoisotopic (exact) mass is 371 g/mol. The maximum atomic E-state index is 5.72. The fourth-order valence-electron chi connectivity index (χ4n) is 2.39. The van der Waals surface area contributed by atoms with E-state index in [1.54, 1.807) is 34.4 Å². The van der Waals surface area contributed by atoms with E-state index < -0.39 is 0 Å². The Labute approximate surface area is 148 Å². The molecule has 0 saturated carbocycles. The second-order valence-corrected chi connectivity index (χ2v) is 7.84. The summed E-state index contributed by atoms with van der Waals surface area (Å²) < 4.78 is 8.99. The molecule has 0 fully saturated rings. The van der Waals surface area contributed by atoms with Crippen molar-refractivity contribution >= 4 is 49.6 Å². The van der Waals surface area contributed by atoms with Gasteiger partial charge in [0.2, 0.25) is 10.9 Å². The highest BCUT2D eigenvalue weighted by atomic mass is 32.2. The van der Waals surface area contributed by atoms with Gasteiger partial charge in [-0.2, -0.15) is 0 Å². The van der Waals surface area contributed by atoms with E-state index in [1.165, 1.54) is 4.70 Å². The number of rotatable bonds is 4. The normalized spacial score (nSPS) is 11.7. The molecule has 0 radical (unpaired) electrons. The molecule has 4 aromatic heterocycles. The van der Waals surface area contributed by atoms with Crippen LogP contribution < -0.4 is 0 Å². The SMILES string of the molecule is c1csc(-c2nnc(CSc3nnc4sc5ccccc5n34)o2)c1. The number of hydrogen-bond acceptors (Lipinski definition) is 8. The van der Waals surface area contributed by atoms with Gasteiger partial charge in [0.1, 0.15) is 0 Å². The van der Waals surface area contributed by atoms with Crippen molar-refractivity contribution in [1.82, 2.24) is 24.8 Å². The van der Waals surface area contributed by atoms with Gasteiger partial charge >= 0.3 is 0 Å². The van der Waals surface area contributed by atoms with E-state index in [1.807, 2.05) is 29.6 Å². The minimum atomic E-state index is 0.559. The molecular formula is C15H9N5OS3. The van der Waals surface area contributed by atoms with E-state index in [-0.39, 0.29) is 0 Å². The first kappa shape index (κ1) is 14.1. The number of para-hydroxylation sites is 1. The van der Waals surface area contributed by atoms with Crippen LogP contribution in [0.1, 0.15) is 5.89 Å². The number of thioether (sulfide) groups is 1. The molecule has 0 atom stereocenters. The third-order valence-corrected chi connectivity index (χ3v) is 6.22. The standard InChI is InChI=1S/C15H9N5OS3/c1-2-5-10-9(4-1)20-14(18-19-15(20)24-10)23-8-12-16-17-13(21-12)11-6-3-7-22-11/h1-7H,8H2. The fraction of sp³-hybridized carbons (Fsp3) is 0.0667. The number of aromatic nitrogens is 5. The number of thiazole rings is 1. The van der Waals surface area contributed by atoms with E-state index in [0.717, 1.165) is 20.5 Å². The summed E-state index contributed by atoms with van der Waals surface area (Å²) in [7, 11) is 0. The van der Waals surface area contributed by atoms with Gasteiger partial charge in [-0.1, -0.05) is 41.3 Å². The Morgan fingerprint density at radius 2 is 2.00 bits per heavy atom. The van der Waals surface area contributed by atoms with E-state index in [4.69, 9.17) is 4.42 Å². The van der Waals surface area contributed by atoms with Gasteiger partial charge in [0.15, 0.2) is 5.16 Å². The van der Waals surface area contributed by atoms with E-state index in [2.05, 4.69) is 36.9 Å². The van der Waals surface area contributed by atoms with Crippen molar-refractivity contribution in [2.75, 3.05) is 0 Å². The van der Waals surface area contributed by atoms with Gasteiger partial charge in [-0.25, -0.2) is 0 Å². The van der Waals surface area contributed by atoms with Crippen molar-refractivity contribution in [3.05, 3.63) is 47.7 Å². The first-order valence-electron chi connectivity index (χ1n) is 7.10. The quantitative estimate of drug-likeness (QED) is 0.438. The lowest BCUT2D eigenvalue weighted by molar-refractivity contribution is 0.529. The predicted molar refractivity (Wildman–Crippen MR) is 95.5 cm³/mol. The lowest BCUT2D eigenvalue weighted by Crippen LogP contribution is -1.87. The van der Waals surface area contributed by atoms with Gasteiger partial charge < -0.3 is 4.42 Å². The predicted octanol–water partition coefficient (Wildman–Crippen LogP) is 4.35. The molecule has 9 heteroatoms. The van der Waals surface area contributed by atoms with Crippen molar-refractivity contribution in [3.8, 4) is 10.8 Å². The highest BCUT2D eigenvalue weighted by molar-refractivity contribution is 7.98. The number of hydrogen-bond donors (Lipinski definition) is 0. The van der Waals surface area contributed by atoms with Crippen LogP contribution >= 0.6 is 34.4 Å². The average molecular weight is 371 g/mol. The molecule has 0 aliphatic heterocycles. The summed E-state index contributed by atoms with van der Waals surface area (Å²) in [5, 5.41) is 19.6. The molecule has 0 N–H and O–H groups in total. The molecule has 0 bridgehead atoms. The first-order valence-corrected chi connectivity index (χ1v) is 9.78. The fourth-order valence-corrected chi connectivity index (χ4v) is 4.84. The van der Waals surface area contributed by atoms with Crippen LogP contribution in [0.15, 0.2) is 51.4 Å². The highest BCUT2D eigenvalue weighted by Gasteiger charge is 2.15. The largest absolute Gasteiger partial charge is 0.419 e. The summed E-state index contributed by atoms with van der Waals surface area (Å²) in [6, 6.07) is 12.2. The zero-order chi connectivity index (χ0) is 15.9. The summed E-state index contributed by atoms with van der Waals surface area (Å²) in [5.74, 6) is 1.70. The smallest absolute Gasteiger partial charge is 0.257 e. The van der Waals surface area contributed by atoms with Crippen LogP contribution in [0, 0.1) is 0 Å². The third-order valence-electron chi connectivity index (χ3n) is 3.43. The summed E-state index contributed by atoms with van der Waals surface area (Å²) in [5.41, 5.74) is 1.12. The zero-order valence-electron chi connectivity index (χ0n) is 12.1. The summed E-state index contributed by atoms with van der Waals surface area (Å²) in [6.45, 7) is 0. The van der Waals surface area contributed by atoms with Gasteiger partial charge in [0.25, 0.3) is 5.89 Å². The Balaban J connectivity index is 1.43. The topological polar surface area (TPSA) is 69.1 Å². The molecule has 118 valence electrons. The molecule has 0 aliphatic carbocycles. The van der Waals surface area contributed by atoms with Gasteiger partial charge in [-0.15, -0.1) is 31.7 Å². The Morgan fingerprint density at radius 3 is 2.92 bits per heavy atom. The van der Waals surface area contributed by atoms with Crippen LogP contribution in [-0.2, 0) is 5.75 Å². The molecule has 0 amide bonds. The number of nitrogens with zero attached hydrogens (tertiary/aromatic N) is 5. The molecule has 5 rings (SSSR count). The zero-order valence-corrected chi connectivity index (χ0v) is 14.6. The van der Waals surface area contributed by atoms with Crippen molar-refractivity contribution < 1.29 is 4.42 Å². The number of benzene rings is 1. The van der Waals surface area contributed by atoms with Crippen LogP contribution in [0.5, 0.6) is 0 Å². The Kier molecular flexibility index (Phi) is 3.35. The van der Waals surface area contributed by atoms with Gasteiger partial charge in [0.05, 0.1) is 20.8 Å². The number of fused-ring (bicyclic) bond motifs is 3. The van der Waals surface area contributed by atoms with E-state index >= 15 is 0 Å². The molecular weight excluding hydrogens is 362 g/mol. The van der Waals surface area contributed by atoms with E-state index in [0.29, 0.717) is 17.5 Å². The minimum absolute atomic E-state index is 0.559. The van der Waals surface area contributed by atoms with Crippen molar-refractivity contribution in [2.45, 2.75) is 10.9 Å². The second-order valence-electron chi connectivity index (χ2n) is 4.94. The van der Waals surface area contributed by atoms with Crippen LogP contribution in [0.4, 0.5) is 0 Å². The first-order chi connectivity index (χ1) is 11.9. The maximum absolute atomic E-state index is 5.72. The van der Waals surface area contributed by atoms with Crippen LogP contribution in [-0.4, -0.2) is 24.8 Å². The van der Waals surface area contributed by atoms with Gasteiger partial charge in [0, 0.05) is 0 Å². The van der Waals surface area contributed by atoms with Gasteiger partial charge in [-0.3, -0.25) is 4.40 Å². The van der Waals surface area contributed by atoms with Crippen molar-refractivity contribution in [2.24, 2.45) is 0 Å². The molecule has 0 spiro atoms. The molecule has 5 aromatic rings. The molecule has 1 aromatic carbocycles. The third kappa shape index (κ3) is 2.32. The molecule has 4 heterocycles. The van der Waals surface area contributed by atoms with Crippen LogP contribution in [0.25, 0.3) is 25.9 Å². The molecule has 0 unspecified atom stereocenters. The Bertz CT molecular complexity index is 1120. The molecule has 24 heavy (non-hydrogen) atoms. The Hall–Kier alpha value is -2.23. The molecule has 0 saturated heterocycles. The highest BCUT2D eigenvalue weighted by Crippen LogP contribution is 2.31.